The average molecular weight is 379 g/mol. The summed E-state index contributed by atoms with van der Waals surface area (Å²) in [6, 6.07) is 3.42. The van der Waals surface area contributed by atoms with Gasteiger partial charge < -0.3 is 15.5 Å². The summed E-state index contributed by atoms with van der Waals surface area (Å²) in [6.45, 7) is 3.02. The van der Waals surface area contributed by atoms with Gasteiger partial charge in [0.15, 0.2) is 11.1 Å². The maximum absolute atomic E-state index is 13.6. The van der Waals surface area contributed by atoms with Gasteiger partial charge >= 0.3 is 0 Å². The molecule has 0 unspecified atom stereocenters. The summed E-state index contributed by atoms with van der Waals surface area (Å²) < 4.78 is 26.9. The second-order valence-corrected chi connectivity index (χ2v) is 6.99. The van der Waals surface area contributed by atoms with Crippen LogP contribution in [0.1, 0.15) is 24.1 Å². The fraction of sp³-hybridized carbons (Fsp3) is 0.444. The number of guanidine groups is 1. The topological polar surface area (TPSA) is 52.6 Å². The van der Waals surface area contributed by atoms with Gasteiger partial charge in [-0.3, -0.25) is 4.99 Å². The Hall–Kier alpha value is -2.22. The van der Waals surface area contributed by atoms with Crippen LogP contribution in [0.25, 0.3) is 0 Å². The van der Waals surface area contributed by atoms with Crippen molar-refractivity contribution in [2.75, 3.05) is 31.6 Å². The lowest BCUT2D eigenvalue weighted by molar-refractivity contribution is 0.581. The van der Waals surface area contributed by atoms with Gasteiger partial charge in [-0.25, -0.2) is 13.8 Å². The summed E-state index contributed by atoms with van der Waals surface area (Å²) in [6.07, 6.45) is 3.26. The van der Waals surface area contributed by atoms with Crippen molar-refractivity contribution in [1.82, 2.24) is 15.6 Å². The van der Waals surface area contributed by atoms with Crippen LogP contribution in [-0.2, 0) is 13.0 Å². The Labute approximate surface area is 156 Å². The summed E-state index contributed by atoms with van der Waals surface area (Å²) in [7, 11) is 1.64. The standard InChI is InChI=1S/C18H23F2N5S/c1-21-17(23-11-13-10-14(19)4-5-16(13)20)22-7-6-15-12-26-18(24-15)25-8-2-3-9-25/h4-5,10,12H,2-3,6-9,11H2,1H3,(H2,21,22,23). The zero-order valence-electron chi connectivity index (χ0n) is 14.8. The SMILES string of the molecule is CN=C(NCCc1csc(N2CCCC2)n1)NCc1cc(F)ccc1F. The highest BCUT2D eigenvalue weighted by atomic mass is 32.1. The Morgan fingerprint density at radius 3 is 2.85 bits per heavy atom. The molecule has 26 heavy (non-hydrogen) atoms. The van der Waals surface area contributed by atoms with Gasteiger partial charge in [-0.2, -0.15) is 0 Å². The molecule has 8 heteroatoms. The van der Waals surface area contributed by atoms with Crippen LogP contribution in [0.15, 0.2) is 28.6 Å². The predicted octanol–water partition coefficient (Wildman–Crippen LogP) is 2.93. The molecule has 5 nitrogen and oxygen atoms in total. The summed E-state index contributed by atoms with van der Waals surface area (Å²) in [5, 5.41) is 9.36. The normalized spacial score (nSPS) is 14.7. The first-order valence-corrected chi connectivity index (χ1v) is 9.61. The van der Waals surface area contributed by atoms with Gasteiger partial charge in [0, 0.05) is 50.6 Å². The number of hydrogen-bond acceptors (Lipinski definition) is 4. The van der Waals surface area contributed by atoms with Crippen molar-refractivity contribution in [3.05, 3.63) is 46.5 Å². The van der Waals surface area contributed by atoms with Gasteiger partial charge in [0.1, 0.15) is 11.6 Å². The molecule has 1 aliphatic heterocycles. The van der Waals surface area contributed by atoms with Gasteiger partial charge in [-0.05, 0) is 31.0 Å². The Morgan fingerprint density at radius 1 is 1.27 bits per heavy atom. The van der Waals surface area contributed by atoms with E-state index >= 15 is 0 Å². The molecule has 1 aromatic carbocycles. The molecule has 1 saturated heterocycles. The lowest BCUT2D eigenvalue weighted by atomic mass is 10.2. The number of benzene rings is 1. The molecule has 0 saturated carbocycles. The Bertz CT molecular complexity index is 756. The Balaban J connectivity index is 1.45. The minimum absolute atomic E-state index is 0.166. The minimum atomic E-state index is -0.455. The maximum Gasteiger partial charge on any atom is 0.191 e. The molecule has 1 fully saturated rings. The molecule has 1 aliphatic rings. The molecular weight excluding hydrogens is 356 g/mol. The third-order valence-electron chi connectivity index (χ3n) is 4.27. The van der Waals surface area contributed by atoms with Gasteiger partial charge in [0.25, 0.3) is 0 Å². The van der Waals surface area contributed by atoms with Crippen molar-refractivity contribution >= 4 is 22.4 Å². The van der Waals surface area contributed by atoms with Crippen LogP contribution >= 0.6 is 11.3 Å². The average Bonchev–Trinajstić information content (AvgIpc) is 3.32. The number of nitrogens with one attached hydrogen (secondary N) is 2. The molecule has 1 aromatic heterocycles. The highest BCUT2D eigenvalue weighted by Gasteiger charge is 2.15. The van der Waals surface area contributed by atoms with Crippen molar-refractivity contribution in [2.45, 2.75) is 25.8 Å². The van der Waals surface area contributed by atoms with E-state index < -0.39 is 11.6 Å². The smallest absolute Gasteiger partial charge is 0.191 e. The second-order valence-electron chi connectivity index (χ2n) is 6.15. The third kappa shape index (κ3) is 4.91. The molecule has 0 aliphatic carbocycles. The van der Waals surface area contributed by atoms with E-state index in [1.165, 1.54) is 18.9 Å². The first-order chi connectivity index (χ1) is 12.7. The Morgan fingerprint density at radius 2 is 2.08 bits per heavy atom. The van der Waals surface area contributed by atoms with Crippen LogP contribution < -0.4 is 15.5 Å². The quantitative estimate of drug-likeness (QED) is 0.599. The molecule has 2 N–H and O–H groups in total. The van der Waals surface area contributed by atoms with E-state index in [9.17, 15) is 8.78 Å². The third-order valence-corrected chi connectivity index (χ3v) is 5.22. The zero-order chi connectivity index (χ0) is 18.4. The van der Waals surface area contributed by atoms with E-state index in [1.807, 2.05) is 0 Å². The molecule has 2 heterocycles. The molecule has 0 amide bonds. The molecule has 2 aromatic rings. The Kier molecular flexibility index (Phi) is 6.38. The summed E-state index contributed by atoms with van der Waals surface area (Å²) in [4.78, 5) is 11.1. The van der Waals surface area contributed by atoms with Crippen LogP contribution in [0, 0.1) is 11.6 Å². The van der Waals surface area contributed by atoms with E-state index in [2.05, 4.69) is 30.9 Å². The lowest BCUT2D eigenvalue weighted by Gasteiger charge is -2.13. The number of aliphatic imine (C=N–C) groups is 1. The van der Waals surface area contributed by atoms with E-state index in [0.717, 1.165) is 42.5 Å². The fourth-order valence-corrected chi connectivity index (χ4v) is 3.77. The lowest BCUT2D eigenvalue weighted by Crippen LogP contribution is -2.38. The van der Waals surface area contributed by atoms with Crippen LogP contribution in [0.3, 0.4) is 0 Å². The van der Waals surface area contributed by atoms with Gasteiger partial charge in [0.05, 0.1) is 5.69 Å². The molecular formula is C18H23F2N5S. The summed E-state index contributed by atoms with van der Waals surface area (Å²) in [5.74, 6) is -0.349. The van der Waals surface area contributed by atoms with Crippen LogP contribution in [0.4, 0.5) is 13.9 Å². The van der Waals surface area contributed by atoms with E-state index in [0.29, 0.717) is 12.5 Å². The number of rotatable bonds is 6. The predicted molar refractivity (Wildman–Crippen MR) is 102 cm³/mol. The van der Waals surface area contributed by atoms with Crippen molar-refractivity contribution in [2.24, 2.45) is 4.99 Å². The van der Waals surface area contributed by atoms with Gasteiger partial charge in [-0.15, -0.1) is 11.3 Å². The minimum Gasteiger partial charge on any atom is -0.356 e. The number of aromatic nitrogens is 1. The van der Waals surface area contributed by atoms with Gasteiger partial charge in [0.2, 0.25) is 0 Å². The number of thiazole rings is 1. The monoisotopic (exact) mass is 379 g/mol. The highest BCUT2D eigenvalue weighted by molar-refractivity contribution is 7.13. The molecule has 0 bridgehead atoms. The first kappa shape index (κ1) is 18.6. The fourth-order valence-electron chi connectivity index (χ4n) is 2.85. The molecule has 0 spiro atoms. The van der Waals surface area contributed by atoms with Crippen molar-refractivity contribution in [1.29, 1.82) is 0 Å². The number of halogens is 2. The summed E-state index contributed by atoms with van der Waals surface area (Å²) in [5.41, 5.74) is 1.32. The number of hydrogen-bond donors (Lipinski definition) is 2. The summed E-state index contributed by atoms with van der Waals surface area (Å²) >= 11 is 1.69. The number of nitrogens with zero attached hydrogens (tertiary/aromatic N) is 3. The maximum atomic E-state index is 13.6. The van der Waals surface area contributed by atoms with Crippen LogP contribution in [-0.4, -0.2) is 37.6 Å². The van der Waals surface area contributed by atoms with Gasteiger partial charge in [-0.1, -0.05) is 0 Å². The van der Waals surface area contributed by atoms with Crippen molar-refractivity contribution in [3.63, 3.8) is 0 Å². The first-order valence-electron chi connectivity index (χ1n) is 8.73. The molecule has 140 valence electrons. The van der Waals surface area contributed by atoms with Crippen LogP contribution in [0.5, 0.6) is 0 Å². The van der Waals surface area contributed by atoms with Crippen molar-refractivity contribution in [3.8, 4) is 0 Å². The molecule has 0 atom stereocenters. The van der Waals surface area contributed by atoms with Crippen molar-refractivity contribution < 1.29 is 8.78 Å². The molecule has 3 rings (SSSR count). The van der Waals surface area contributed by atoms with Crippen LogP contribution in [0.2, 0.25) is 0 Å². The van der Waals surface area contributed by atoms with E-state index in [1.54, 1.807) is 18.4 Å². The highest BCUT2D eigenvalue weighted by Crippen LogP contribution is 2.24. The van der Waals surface area contributed by atoms with E-state index in [-0.39, 0.29) is 12.1 Å². The number of anilines is 1. The van der Waals surface area contributed by atoms with E-state index in [4.69, 9.17) is 0 Å². The molecule has 0 radical (unpaired) electrons. The largest absolute Gasteiger partial charge is 0.356 e. The second kappa shape index (κ2) is 8.93. The zero-order valence-corrected chi connectivity index (χ0v) is 15.6.